The van der Waals surface area contributed by atoms with E-state index in [1.165, 1.54) is 0 Å². The molecule has 2 rings (SSSR count). The smallest absolute Gasteiger partial charge is 0.307 e. The summed E-state index contributed by atoms with van der Waals surface area (Å²) in [6.07, 6.45) is 3.87. The molecule has 0 bridgehead atoms. The number of carboxylic acid groups (broad SMARTS) is 1. The average Bonchev–Trinajstić information content (AvgIpc) is 2.30. The van der Waals surface area contributed by atoms with Crippen LogP contribution in [-0.2, 0) is 11.2 Å². The molecule has 0 saturated carbocycles. The van der Waals surface area contributed by atoms with Crippen LogP contribution in [0.4, 0.5) is 0 Å². The minimum Gasteiger partial charge on any atom is -0.512 e. The zero-order chi connectivity index (χ0) is 12.3. The summed E-state index contributed by atoms with van der Waals surface area (Å²) in [4.78, 5) is 10.6. The van der Waals surface area contributed by atoms with Crippen LogP contribution in [-0.4, -0.2) is 16.2 Å². The highest BCUT2D eigenvalue weighted by atomic mass is 16.4. The highest BCUT2D eigenvalue weighted by Crippen LogP contribution is 2.30. The predicted molar refractivity (Wildman–Crippen MR) is 65.8 cm³/mol. The Morgan fingerprint density at radius 3 is 2.35 bits per heavy atom. The van der Waals surface area contributed by atoms with Crippen molar-refractivity contribution in [3.63, 3.8) is 0 Å². The standard InChI is InChI=1S/C14H16O3/c15-13-4-2-1-3-12(13)11-7-5-10(6-8-11)9-14(16)17/h5-8,15H,1-4,9H2,(H,16,17). The van der Waals surface area contributed by atoms with Gasteiger partial charge in [-0.25, -0.2) is 0 Å². The maximum atomic E-state index is 10.6. The van der Waals surface area contributed by atoms with E-state index in [4.69, 9.17) is 5.11 Å². The summed E-state index contributed by atoms with van der Waals surface area (Å²) < 4.78 is 0. The number of aliphatic carboxylic acids is 1. The number of carboxylic acids is 1. The van der Waals surface area contributed by atoms with Crippen LogP contribution in [0.25, 0.3) is 5.57 Å². The summed E-state index contributed by atoms with van der Waals surface area (Å²) >= 11 is 0. The fourth-order valence-electron chi connectivity index (χ4n) is 2.20. The summed E-state index contributed by atoms with van der Waals surface area (Å²) in [5.74, 6) is -0.334. The molecule has 0 saturated heterocycles. The van der Waals surface area contributed by atoms with Crippen LogP contribution in [0.3, 0.4) is 0 Å². The Labute approximate surface area is 100 Å². The summed E-state index contributed by atoms with van der Waals surface area (Å²) in [7, 11) is 0. The van der Waals surface area contributed by atoms with E-state index in [1.54, 1.807) is 0 Å². The number of benzene rings is 1. The van der Waals surface area contributed by atoms with Gasteiger partial charge in [0.25, 0.3) is 0 Å². The molecule has 0 amide bonds. The zero-order valence-corrected chi connectivity index (χ0v) is 9.65. The van der Waals surface area contributed by atoms with Gasteiger partial charge in [-0.1, -0.05) is 24.3 Å². The molecular weight excluding hydrogens is 216 g/mol. The van der Waals surface area contributed by atoms with Gasteiger partial charge in [0.2, 0.25) is 0 Å². The van der Waals surface area contributed by atoms with E-state index in [9.17, 15) is 9.90 Å². The second-order valence-electron chi connectivity index (χ2n) is 4.40. The van der Waals surface area contributed by atoms with Gasteiger partial charge >= 0.3 is 5.97 Å². The largest absolute Gasteiger partial charge is 0.512 e. The lowest BCUT2D eigenvalue weighted by atomic mass is 9.91. The molecule has 2 N–H and O–H groups in total. The minimum absolute atomic E-state index is 0.0469. The summed E-state index contributed by atoms with van der Waals surface area (Å²) in [5.41, 5.74) is 2.81. The van der Waals surface area contributed by atoms with Crippen molar-refractivity contribution >= 4 is 11.5 Å². The third-order valence-corrected chi connectivity index (χ3v) is 3.10. The summed E-state index contributed by atoms with van der Waals surface area (Å²) in [6.45, 7) is 0. The van der Waals surface area contributed by atoms with Gasteiger partial charge in [0.15, 0.2) is 0 Å². The Morgan fingerprint density at radius 1 is 1.12 bits per heavy atom. The van der Waals surface area contributed by atoms with Crippen LogP contribution in [0, 0.1) is 0 Å². The van der Waals surface area contributed by atoms with E-state index in [1.807, 2.05) is 24.3 Å². The molecular formula is C14H16O3. The van der Waals surface area contributed by atoms with Crippen molar-refractivity contribution in [1.29, 1.82) is 0 Å². The second-order valence-corrected chi connectivity index (χ2v) is 4.40. The van der Waals surface area contributed by atoms with Crippen LogP contribution < -0.4 is 0 Å². The van der Waals surface area contributed by atoms with Crippen LogP contribution in [0.15, 0.2) is 30.0 Å². The maximum Gasteiger partial charge on any atom is 0.307 e. The first kappa shape index (κ1) is 11.7. The van der Waals surface area contributed by atoms with Crippen LogP contribution >= 0.6 is 0 Å². The van der Waals surface area contributed by atoms with Gasteiger partial charge in [-0.2, -0.15) is 0 Å². The van der Waals surface area contributed by atoms with Crippen molar-refractivity contribution in [3.05, 3.63) is 41.2 Å². The number of aliphatic hydroxyl groups is 1. The molecule has 0 aromatic heterocycles. The Kier molecular flexibility index (Phi) is 3.47. The number of hydrogen-bond acceptors (Lipinski definition) is 2. The fourth-order valence-corrected chi connectivity index (χ4v) is 2.20. The van der Waals surface area contributed by atoms with Crippen molar-refractivity contribution in [2.45, 2.75) is 32.1 Å². The van der Waals surface area contributed by atoms with Gasteiger partial charge in [0.1, 0.15) is 0 Å². The Hall–Kier alpha value is -1.77. The molecule has 0 spiro atoms. The summed E-state index contributed by atoms with van der Waals surface area (Å²) in [6, 6.07) is 7.43. The molecule has 90 valence electrons. The molecule has 0 heterocycles. The van der Waals surface area contributed by atoms with Crippen molar-refractivity contribution in [2.24, 2.45) is 0 Å². The first-order valence-electron chi connectivity index (χ1n) is 5.89. The van der Waals surface area contributed by atoms with Crippen molar-refractivity contribution in [3.8, 4) is 0 Å². The van der Waals surface area contributed by atoms with Gasteiger partial charge in [-0.05, 0) is 36.0 Å². The van der Waals surface area contributed by atoms with Crippen LogP contribution in [0.2, 0.25) is 0 Å². The molecule has 1 aliphatic carbocycles. The number of hydrogen-bond donors (Lipinski definition) is 2. The Morgan fingerprint density at radius 2 is 1.76 bits per heavy atom. The molecule has 0 radical (unpaired) electrons. The number of rotatable bonds is 3. The fraction of sp³-hybridized carbons (Fsp3) is 0.357. The van der Waals surface area contributed by atoms with Gasteiger partial charge < -0.3 is 10.2 Å². The van der Waals surface area contributed by atoms with E-state index in [2.05, 4.69) is 0 Å². The second kappa shape index (κ2) is 5.04. The molecule has 1 aromatic rings. The molecule has 1 aliphatic rings. The predicted octanol–water partition coefficient (Wildman–Crippen LogP) is 3.16. The molecule has 0 aliphatic heterocycles. The van der Waals surface area contributed by atoms with E-state index in [-0.39, 0.29) is 6.42 Å². The van der Waals surface area contributed by atoms with Crippen molar-refractivity contribution in [2.75, 3.05) is 0 Å². The van der Waals surface area contributed by atoms with Gasteiger partial charge in [-0.3, -0.25) is 4.79 Å². The van der Waals surface area contributed by atoms with Crippen LogP contribution in [0.5, 0.6) is 0 Å². The van der Waals surface area contributed by atoms with Gasteiger partial charge in [0, 0.05) is 6.42 Å². The lowest BCUT2D eigenvalue weighted by molar-refractivity contribution is -0.136. The summed E-state index contributed by atoms with van der Waals surface area (Å²) in [5, 5.41) is 18.5. The van der Waals surface area contributed by atoms with Crippen molar-refractivity contribution < 1.29 is 15.0 Å². The zero-order valence-electron chi connectivity index (χ0n) is 9.65. The van der Waals surface area contributed by atoms with Gasteiger partial charge in [0.05, 0.1) is 12.2 Å². The first-order chi connectivity index (χ1) is 8.16. The topological polar surface area (TPSA) is 57.5 Å². The molecule has 1 aromatic carbocycles. The number of carbonyl (C=O) groups is 1. The lowest BCUT2D eigenvalue weighted by Gasteiger charge is -2.16. The third kappa shape index (κ3) is 2.87. The number of aliphatic hydroxyl groups excluding tert-OH is 1. The molecule has 17 heavy (non-hydrogen) atoms. The quantitative estimate of drug-likeness (QED) is 0.841. The SMILES string of the molecule is O=C(O)Cc1ccc(C2=C(O)CCCC2)cc1. The highest BCUT2D eigenvalue weighted by Gasteiger charge is 2.13. The molecule has 0 fully saturated rings. The van der Waals surface area contributed by atoms with E-state index in [0.717, 1.165) is 42.4 Å². The molecule has 3 heteroatoms. The molecule has 0 unspecified atom stereocenters. The molecule has 0 atom stereocenters. The van der Waals surface area contributed by atoms with E-state index in [0.29, 0.717) is 5.76 Å². The average molecular weight is 232 g/mol. The Balaban J connectivity index is 2.20. The van der Waals surface area contributed by atoms with Gasteiger partial charge in [-0.15, -0.1) is 0 Å². The third-order valence-electron chi connectivity index (χ3n) is 3.10. The highest BCUT2D eigenvalue weighted by molar-refractivity contribution is 5.71. The maximum absolute atomic E-state index is 10.6. The first-order valence-corrected chi connectivity index (χ1v) is 5.89. The monoisotopic (exact) mass is 232 g/mol. The van der Waals surface area contributed by atoms with E-state index < -0.39 is 5.97 Å². The minimum atomic E-state index is -0.822. The molecule has 3 nitrogen and oxygen atoms in total. The number of allylic oxidation sites excluding steroid dienone is 2. The van der Waals surface area contributed by atoms with Crippen molar-refractivity contribution in [1.82, 2.24) is 0 Å². The lowest BCUT2D eigenvalue weighted by Crippen LogP contribution is -2.01. The Bertz CT molecular complexity index is 443. The van der Waals surface area contributed by atoms with E-state index >= 15 is 0 Å². The normalized spacial score (nSPS) is 16.0. The van der Waals surface area contributed by atoms with Crippen LogP contribution in [0.1, 0.15) is 36.8 Å².